The molecule has 0 unspecified atom stereocenters. The average molecular weight is 211 g/mol. The van der Waals surface area contributed by atoms with E-state index in [2.05, 4.69) is 30.7 Å². The van der Waals surface area contributed by atoms with E-state index in [1.807, 2.05) is 0 Å². The van der Waals surface area contributed by atoms with Gasteiger partial charge in [0.25, 0.3) is 0 Å². The Morgan fingerprint density at radius 1 is 1.29 bits per heavy atom. The van der Waals surface area contributed by atoms with Crippen LogP contribution in [0.1, 0.15) is 5.69 Å². The van der Waals surface area contributed by atoms with Crippen molar-refractivity contribution in [1.82, 2.24) is 25.4 Å². The van der Waals surface area contributed by atoms with Crippen molar-refractivity contribution in [3.8, 4) is 0 Å². The van der Waals surface area contributed by atoms with Crippen LogP contribution in [-0.2, 0) is 6.54 Å². The van der Waals surface area contributed by atoms with Gasteiger partial charge >= 0.3 is 0 Å². The van der Waals surface area contributed by atoms with Gasteiger partial charge < -0.3 is 5.32 Å². The molecule has 0 saturated heterocycles. The van der Waals surface area contributed by atoms with E-state index < -0.39 is 0 Å². The lowest BCUT2D eigenvalue weighted by Crippen LogP contribution is -2.03. The molecule has 0 amide bonds. The predicted molar refractivity (Wildman–Crippen MR) is 50.8 cm³/mol. The Hall–Kier alpha value is -1.69. The maximum Gasteiger partial charge on any atom is 0.223 e. The molecule has 6 nitrogen and oxygen atoms in total. The van der Waals surface area contributed by atoms with Gasteiger partial charge in [-0.05, 0) is 0 Å². The lowest BCUT2D eigenvalue weighted by atomic mass is 10.5. The van der Waals surface area contributed by atoms with Gasteiger partial charge in [0.05, 0.1) is 30.2 Å². The summed E-state index contributed by atoms with van der Waals surface area (Å²) in [7, 11) is 0. The number of hydrogen-bond donors (Lipinski definition) is 2. The van der Waals surface area contributed by atoms with Crippen LogP contribution in [-0.4, -0.2) is 25.4 Å². The molecule has 2 aromatic rings. The largest absolute Gasteiger partial charge is 0.348 e. The summed E-state index contributed by atoms with van der Waals surface area (Å²) in [5, 5.41) is 13.5. The maximum atomic E-state index is 5.63. The van der Waals surface area contributed by atoms with Crippen molar-refractivity contribution in [3.63, 3.8) is 0 Å². The minimum Gasteiger partial charge on any atom is -0.348 e. The molecule has 2 rings (SSSR count). The highest BCUT2D eigenvalue weighted by Gasteiger charge is 1.98. The number of hydrogen-bond acceptors (Lipinski definition) is 5. The molecule has 0 aliphatic heterocycles. The highest BCUT2D eigenvalue weighted by Crippen LogP contribution is 2.05. The number of aromatic nitrogens is 5. The Bertz CT molecular complexity index is 383. The third-order valence-corrected chi connectivity index (χ3v) is 1.71. The number of nitrogens with one attached hydrogen (secondary N) is 2. The van der Waals surface area contributed by atoms with Crippen LogP contribution in [0.15, 0.2) is 18.6 Å². The van der Waals surface area contributed by atoms with Crippen LogP contribution < -0.4 is 5.32 Å². The molecule has 7 heteroatoms. The van der Waals surface area contributed by atoms with Gasteiger partial charge in [-0.1, -0.05) is 11.6 Å². The molecule has 0 fully saturated rings. The molecular weight excluding hydrogens is 204 g/mol. The second-order valence-corrected chi connectivity index (χ2v) is 2.98. The summed E-state index contributed by atoms with van der Waals surface area (Å²) in [5.41, 5.74) is 0.795. The van der Waals surface area contributed by atoms with Crippen LogP contribution in [0.25, 0.3) is 0 Å². The smallest absolute Gasteiger partial charge is 0.223 e. The summed E-state index contributed by atoms with van der Waals surface area (Å²) in [6.07, 6.45) is 4.68. The normalized spacial score (nSPS) is 10.1. The molecule has 2 aromatic heterocycles. The van der Waals surface area contributed by atoms with Gasteiger partial charge in [0.15, 0.2) is 0 Å². The Morgan fingerprint density at radius 3 is 2.71 bits per heavy atom. The molecule has 2 heterocycles. The third kappa shape index (κ3) is 2.17. The minimum absolute atomic E-state index is 0.511. The number of aromatic amines is 1. The molecule has 0 aliphatic carbocycles. The predicted octanol–water partition coefficient (Wildman–Crippen LogP) is 0.860. The number of rotatable bonds is 3. The third-order valence-electron chi connectivity index (χ3n) is 1.51. The van der Waals surface area contributed by atoms with Crippen molar-refractivity contribution in [2.24, 2.45) is 0 Å². The van der Waals surface area contributed by atoms with Crippen molar-refractivity contribution in [1.29, 1.82) is 0 Å². The van der Waals surface area contributed by atoms with Crippen LogP contribution in [0.3, 0.4) is 0 Å². The van der Waals surface area contributed by atoms with Gasteiger partial charge in [-0.25, -0.2) is 9.97 Å². The molecular formula is C7H7ClN6. The first-order valence-electron chi connectivity index (χ1n) is 3.90. The van der Waals surface area contributed by atoms with E-state index in [-0.39, 0.29) is 0 Å². The number of H-pyrrole nitrogens is 1. The summed E-state index contributed by atoms with van der Waals surface area (Å²) < 4.78 is 0. The quantitative estimate of drug-likeness (QED) is 0.786. The van der Waals surface area contributed by atoms with Crippen molar-refractivity contribution >= 4 is 17.5 Å². The van der Waals surface area contributed by atoms with Gasteiger partial charge in [0.2, 0.25) is 5.95 Å². The van der Waals surface area contributed by atoms with Gasteiger partial charge in [0.1, 0.15) is 5.69 Å². The Balaban J connectivity index is 1.95. The second-order valence-electron chi connectivity index (χ2n) is 2.54. The first-order chi connectivity index (χ1) is 6.84. The van der Waals surface area contributed by atoms with Crippen LogP contribution in [0.2, 0.25) is 5.02 Å². The van der Waals surface area contributed by atoms with E-state index in [0.717, 1.165) is 5.69 Å². The highest BCUT2D eigenvalue weighted by molar-refractivity contribution is 6.30. The van der Waals surface area contributed by atoms with E-state index in [0.29, 0.717) is 17.5 Å². The van der Waals surface area contributed by atoms with Gasteiger partial charge in [-0.3, -0.25) is 0 Å². The zero-order valence-corrected chi connectivity index (χ0v) is 7.86. The molecule has 2 N–H and O–H groups in total. The lowest BCUT2D eigenvalue weighted by molar-refractivity contribution is 0.906. The van der Waals surface area contributed by atoms with Crippen LogP contribution in [0.5, 0.6) is 0 Å². The molecule has 0 aromatic carbocycles. The number of nitrogens with zero attached hydrogens (tertiary/aromatic N) is 4. The molecule has 0 radical (unpaired) electrons. The zero-order valence-electron chi connectivity index (χ0n) is 7.11. The SMILES string of the molecule is Clc1cnc(NCc2cn[nH]n2)nc1. The van der Waals surface area contributed by atoms with Crippen molar-refractivity contribution in [2.45, 2.75) is 6.54 Å². The molecule has 0 atom stereocenters. The lowest BCUT2D eigenvalue weighted by Gasteiger charge is -2.00. The van der Waals surface area contributed by atoms with E-state index in [9.17, 15) is 0 Å². The minimum atomic E-state index is 0.511. The van der Waals surface area contributed by atoms with Crippen LogP contribution in [0.4, 0.5) is 5.95 Å². The molecule has 0 spiro atoms. The fraction of sp³-hybridized carbons (Fsp3) is 0.143. The summed E-state index contributed by atoms with van der Waals surface area (Å²) in [4.78, 5) is 7.93. The highest BCUT2D eigenvalue weighted by atomic mass is 35.5. The molecule has 14 heavy (non-hydrogen) atoms. The number of halogens is 1. The first kappa shape index (κ1) is 8.89. The Kier molecular flexibility index (Phi) is 2.55. The Morgan fingerprint density at radius 2 is 2.07 bits per heavy atom. The van der Waals surface area contributed by atoms with E-state index in [4.69, 9.17) is 11.6 Å². The molecule has 0 aliphatic rings. The molecule has 72 valence electrons. The fourth-order valence-electron chi connectivity index (χ4n) is 0.884. The summed E-state index contributed by atoms with van der Waals surface area (Å²) >= 11 is 5.63. The van der Waals surface area contributed by atoms with Gasteiger partial charge in [-0.2, -0.15) is 15.4 Å². The average Bonchev–Trinajstić information content (AvgIpc) is 2.70. The summed E-state index contributed by atoms with van der Waals surface area (Å²) in [6, 6.07) is 0. The maximum absolute atomic E-state index is 5.63. The van der Waals surface area contributed by atoms with Gasteiger partial charge in [0, 0.05) is 0 Å². The van der Waals surface area contributed by atoms with Crippen LogP contribution >= 0.6 is 11.6 Å². The number of anilines is 1. The monoisotopic (exact) mass is 210 g/mol. The van der Waals surface area contributed by atoms with Crippen molar-refractivity contribution < 1.29 is 0 Å². The fourth-order valence-corrected chi connectivity index (χ4v) is 0.981. The topological polar surface area (TPSA) is 79.4 Å². The summed E-state index contributed by atoms with van der Waals surface area (Å²) in [5.74, 6) is 0.511. The van der Waals surface area contributed by atoms with E-state index in [1.165, 1.54) is 12.4 Å². The van der Waals surface area contributed by atoms with Crippen molar-refractivity contribution in [2.75, 3.05) is 5.32 Å². The zero-order chi connectivity index (χ0) is 9.80. The standard InChI is InChI=1S/C7H7ClN6/c8-5-1-9-7(10-2-5)11-3-6-4-12-14-13-6/h1-2,4H,3H2,(H,9,10,11)(H,12,13,14). The van der Waals surface area contributed by atoms with Crippen LogP contribution in [0, 0.1) is 0 Å². The van der Waals surface area contributed by atoms with Crippen molar-refractivity contribution in [3.05, 3.63) is 29.3 Å². The van der Waals surface area contributed by atoms with Gasteiger partial charge in [-0.15, -0.1) is 0 Å². The Labute approximate surface area is 84.7 Å². The molecule has 0 bridgehead atoms. The van der Waals surface area contributed by atoms with E-state index >= 15 is 0 Å². The molecule has 0 saturated carbocycles. The van der Waals surface area contributed by atoms with E-state index in [1.54, 1.807) is 6.20 Å². The second kappa shape index (κ2) is 4.01. The first-order valence-corrected chi connectivity index (χ1v) is 4.28. The summed E-state index contributed by atoms with van der Waals surface area (Å²) in [6.45, 7) is 0.526.